The number of hydrogen-bond acceptors (Lipinski definition) is 5. The van der Waals surface area contributed by atoms with Crippen molar-refractivity contribution >= 4 is 36.1 Å². The van der Waals surface area contributed by atoms with Crippen LogP contribution in [0, 0.1) is 0 Å². The molecule has 117 valence electrons. The Labute approximate surface area is 139 Å². The van der Waals surface area contributed by atoms with E-state index in [1.165, 1.54) is 0 Å². The predicted molar refractivity (Wildman–Crippen MR) is 69.0 cm³/mol. The van der Waals surface area contributed by atoms with Crippen molar-refractivity contribution in [2.45, 2.75) is 0 Å². The molecule has 8 nitrogen and oxygen atoms in total. The Balaban J connectivity index is 0. The molecule has 0 aromatic heterocycles. The molecule has 0 aliphatic heterocycles. The monoisotopic (exact) mass is 398 g/mol. The van der Waals surface area contributed by atoms with E-state index in [4.69, 9.17) is 5.11 Å². The first-order valence-corrected chi connectivity index (χ1v) is 5.79. The van der Waals surface area contributed by atoms with Gasteiger partial charge in [-0.05, 0) is 12.1 Å². The molecule has 0 fully saturated rings. The summed E-state index contributed by atoms with van der Waals surface area (Å²) in [6.45, 7) is -0.323. The van der Waals surface area contributed by atoms with Gasteiger partial charge >= 0.3 is 5.97 Å². The molecule has 3 N–H and O–H groups in total. The van der Waals surface area contributed by atoms with Crippen molar-refractivity contribution in [2.24, 2.45) is 0 Å². The van der Waals surface area contributed by atoms with Gasteiger partial charge in [0.05, 0.1) is 17.9 Å². The predicted octanol–water partition coefficient (Wildman–Crippen LogP) is -0.678. The zero-order chi connectivity index (χ0) is 14.4. The second-order valence-corrected chi connectivity index (χ2v) is 3.82. The summed E-state index contributed by atoms with van der Waals surface area (Å²) >= 11 is 3.71. The van der Waals surface area contributed by atoms with Crippen molar-refractivity contribution in [2.75, 3.05) is 17.6 Å². The summed E-state index contributed by atoms with van der Waals surface area (Å²) in [6, 6.07) is 3.25. The van der Waals surface area contributed by atoms with Crippen molar-refractivity contribution in [1.82, 2.24) is 5.32 Å². The molecule has 1 aromatic carbocycles. The molecule has 0 bridgehead atoms. The number of carbonyl (C=O) groups is 3. The Morgan fingerprint density at radius 3 is 2.38 bits per heavy atom. The normalized spacial score (nSPS) is 8.81. The van der Waals surface area contributed by atoms with Gasteiger partial charge in [-0.25, -0.2) is 4.79 Å². The van der Waals surface area contributed by atoms with Crippen molar-refractivity contribution in [3.63, 3.8) is 0 Å². The van der Waals surface area contributed by atoms with E-state index in [-0.39, 0.29) is 49.1 Å². The van der Waals surface area contributed by atoms with E-state index in [0.29, 0.717) is 0 Å². The Morgan fingerprint density at radius 1 is 1.24 bits per heavy atom. The fraction of sp³-hybridized carbons (Fsp3) is 0.182. The molecule has 0 atom stereocenters. The molecule has 0 saturated carbocycles. The van der Waals surface area contributed by atoms with Crippen molar-refractivity contribution in [1.29, 1.82) is 0 Å². The number of thiol groups is 1. The summed E-state index contributed by atoms with van der Waals surface area (Å²) in [7, 11) is 0. The molecular weight excluding hydrogens is 387 g/mol. The number of rotatable bonds is 5. The third-order valence-electron chi connectivity index (χ3n) is 2.09. The van der Waals surface area contributed by atoms with E-state index in [2.05, 4.69) is 23.3 Å². The van der Waals surface area contributed by atoms with E-state index in [0.717, 1.165) is 18.2 Å². The third kappa shape index (κ3) is 7.09. The SMILES string of the molecule is O=C(CS)NCC(=O)Nc1cc(C(=O)O)ccc1[O-].[99Tc].[O-2]. The second-order valence-electron chi connectivity index (χ2n) is 3.50. The van der Waals surface area contributed by atoms with Crippen molar-refractivity contribution < 1.29 is 50.2 Å². The van der Waals surface area contributed by atoms with Crippen molar-refractivity contribution in [3.8, 4) is 5.75 Å². The molecule has 2 amide bonds. The first kappa shape index (κ1) is 21.7. The third-order valence-corrected chi connectivity index (χ3v) is 2.38. The van der Waals surface area contributed by atoms with Crippen molar-refractivity contribution in [3.05, 3.63) is 23.8 Å². The van der Waals surface area contributed by atoms with E-state index >= 15 is 0 Å². The molecule has 0 aliphatic rings. The number of carboxylic acid groups (broad SMARTS) is 1. The second kappa shape index (κ2) is 10.2. The first-order valence-electron chi connectivity index (χ1n) is 5.16. The Morgan fingerprint density at radius 2 is 1.86 bits per heavy atom. The van der Waals surface area contributed by atoms with Gasteiger partial charge in [0.15, 0.2) is 0 Å². The van der Waals surface area contributed by atoms with Gasteiger partial charge in [-0.3, -0.25) is 9.59 Å². The van der Waals surface area contributed by atoms with Crippen LogP contribution in [0.2, 0.25) is 0 Å². The van der Waals surface area contributed by atoms with Crippen LogP contribution in [0.15, 0.2) is 18.2 Å². The number of benzene rings is 1. The fourth-order valence-electron chi connectivity index (χ4n) is 1.19. The Bertz CT molecular complexity index is 525. The van der Waals surface area contributed by atoms with Crippen LogP contribution in [0.1, 0.15) is 10.4 Å². The molecular formula is C11H11N2O6STc-3. The van der Waals surface area contributed by atoms with Gasteiger partial charge in [0.1, 0.15) is 0 Å². The van der Waals surface area contributed by atoms with E-state index < -0.39 is 23.5 Å². The summed E-state index contributed by atoms with van der Waals surface area (Å²) in [4.78, 5) is 33.0. The molecule has 0 spiro atoms. The summed E-state index contributed by atoms with van der Waals surface area (Å²) < 4.78 is 0. The number of amides is 2. The smallest absolute Gasteiger partial charge is 0.335 e. The summed E-state index contributed by atoms with van der Waals surface area (Å²) in [5.74, 6) is -2.85. The standard InChI is InChI=1S/C11H12N2O5S.O.Tc/c14-8-2-1-6(11(17)18)3-7(8)13-9(15)4-12-10(16)5-19;;/h1-3,14,19H,4-5H2,(H,12,16)(H,13,15)(H,17,18);;/q;-2;/p-1/i;;1+1. The number of hydrogen-bond donors (Lipinski definition) is 4. The molecule has 1 radical (unpaired) electrons. The summed E-state index contributed by atoms with van der Waals surface area (Å²) in [6.07, 6.45) is 0. The summed E-state index contributed by atoms with van der Waals surface area (Å²) in [5.41, 5.74) is -0.265. The van der Waals surface area contributed by atoms with Crippen LogP contribution in [0.25, 0.3) is 0 Å². The van der Waals surface area contributed by atoms with Gasteiger partial charge in [0, 0.05) is 25.8 Å². The van der Waals surface area contributed by atoms with Crippen LogP contribution in [0.4, 0.5) is 5.69 Å². The van der Waals surface area contributed by atoms with Crippen LogP contribution in [-0.4, -0.2) is 35.2 Å². The van der Waals surface area contributed by atoms with Crippen LogP contribution in [0.3, 0.4) is 0 Å². The minimum Gasteiger partial charge on any atom is -2.00 e. The molecule has 21 heavy (non-hydrogen) atoms. The zero-order valence-electron chi connectivity index (χ0n) is 10.5. The van der Waals surface area contributed by atoms with Crippen LogP contribution >= 0.6 is 12.6 Å². The Hall–Kier alpha value is -1.61. The van der Waals surface area contributed by atoms with Gasteiger partial charge in [-0.15, -0.1) is 0 Å². The molecule has 0 aliphatic carbocycles. The average molecular weight is 398 g/mol. The maximum absolute atomic E-state index is 11.4. The zero-order valence-corrected chi connectivity index (χ0v) is 13.2. The largest absolute Gasteiger partial charge is 2.00 e. The molecule has 0 heterocycles. The molecule has 1 aromatic rings. The first-order chi connectivity index (χ1) is 8.93. The topological polar surface area (TPSA) is 147 Å². The van der Waals surface area contributed by atoms with E-state index in [9.17, 15) is 19.5 Å². The molecule has 10 heteroatoms. The van der Waals surface area contributed by atoms with Crippen LogP contribution in [0.5, 0.6) is 5.75 Å². The van der Waals surface area contributed by atoms with Gasteiger partial charge in [-0.2, -0.15) is 12.6 Å². The van der Waals surface area contributed by atoms with Gasteiger partial charge in [-0.1, -0.05) is 11.8 Å². The Kier molecular flexibility index (Phi) is 10.5. The number of anilines is 1. The van der Waals surface area contributed by atoms with Gasteiger partial charge in [0.2, 0.25) is 11.8 Å². The number of nitrogens with one attached hydrogen (secondary N) is 2. The molecule has 0 unspecified atom stereocenters. The van der Waals surface area contributed by atoms with Crippen LogP contribution in [-0.2, 0) is 35.2 Å². The average Bonchev–Trinajstić information content (AvgIpc) is 2.38. The van der Waals surface area contributed by atoms with E-state index in [1.54, 1.807) is 0 Å². The fourth-order valence-corrected chi connectivity index (χ4v) is 1.30. The maximum atomic E-state index is 11.4. The molecule has 0 saturated heterocycles. The van der Waals surface area contributed by atoms with Crippen LogP contribution < -0.4 is 15.7 Å². The van der Waals surface area contributed by atoms with Gasteiger partial charge < -0.3 is 26.3 Å². The number of carboxylic acids is 1. The van der Waals surface area contributed by atoms with E-state index in [1.807, 2.05) is 0 Å². The van der Waals surface area contributed by atoms with Gasteiger partial charge in [0.25, 0.3) is 0 Å². The molecule has 1 rings (SSSR count). The minimum absolute atomic E-state index is 0. The number of carbonyl (C=O) groups excluding carboxylic acids is 2. The maximum Gasteiger partial charge on any atom is 0.335 e. The minimum atomic E-state index is -1.21. The summed E-state index contributed by atoms with van der Waals surface area (Å²) in [5, 5.41) is 24.7. The quantitative estimate of drug-likeness (QED) is 0.486. The number of aromatic carboxylic acids is 1.